The quantitative estimate of drug-likeness (QED) is 0.846. The summed E-state index contributed by atoms with van der Waals surface area (Å²) < 4.78 is 35.9. The van der Waals surface area contributed by atoms with Gasteiger partial charge in [0.15, 0.2) is 5.82 Å². The molecular formula is C9H12F3N3. The standard InChI is InChI=1S/C9H12F3N3/c1-15(6-4-9(10,11)12)8-7(13)3-2-5-14-8/h2-3,5H,4,6,13H2,1H3. The highest BCUT2D eigenvalue weighted by molar-refractivity contribution is 5.61. The van der Waals surface area contributed by atoms with Crippen LogP contribution in [0.2, 0.25) is 0 Å². The Hall–Kier alpha value is -1.46. The van der Waals surface area contributed by atoms with E-state index in [0.717, 1.165) is 0 Å². The predicted molar refractivity (Wildman–Crippen MR) is 52.6 cm³/mol. The first-order valence-corrected chi connectivity index (χ1v) is 4.38. The minimum absolute atomic E-state index is 0.148. The molecule has 1 heterocycles. The molecule has 1 aromatic rings. The van der Waals surface area contributed by atoms with Crippen molar-refractivity contribution in [1.29, 1.82) is 0 Å². The molecule has 0 aliphatic rings. The number of hydrogen-bond acceptors (Lipinski definition) is 3. The van der Waals surface area contributed by atoms with Crippen molar-refractivity contribution in [3.8, 4) is 0 Å². The van der Waals surface area contributed by atoms with Gasteiger partial charge in [-0.2, -0.15) is 13.2 Å². The van der Waals surface area contributed by atoms with E-state index in [1.54, 1.807) is 12.1 Å². The molecule has 0 radical (unpaired) electrons. The summed E-state index contributed by atoms with van der Waals surface area (Å²) in [5, 5.41) is 0. The third-order valence-electron chi connectivity index (χ3n) is 1.91. The monoisotopic (exact) mass is 219 g/mol. The Morgan fingerprint density at radius 2 is 2.13 bits per heavy atom. The number of nitrogens with zero attached hydrogens (tertiary/aromatic N) is 2. The third-order valence-corrected chi connectivity index (χ3v) is 1.91. The van der Waals surface area contributed by atoms with Gasteiger partial charge in [-0.15, -0.1) is 0 Å². The first kappa shape index (κ1) is 11.6. The van der Waals surface area contributed by atoms with E-state index in [0.29, 0.717) is 11.5 Å². The summed E-state index contributed by atoms with van der Waals surface area (Å²) in [6.07, 6.45) is -3.53. The lowest BCUT2D eigenvalue weighted by Gasteiger charge is -2.20. The number of nitrogens with two attached hydrogens (primary N) is 1. The van der Waals surface area contributed by atoms with Crippen LogP contribution in [-0.2, 0) is 0 Å². The Morgan fingerprint density at radius 3 is 2.67 bits per heavy atom. The van der Waals surface area contributed by atoms with Crippen LogP contribution in [0.3, 0.4) is 0 Å². The van der Waals surface area contributed by atoms with Gasteiger partial charge in [-0.1, -0.05) is 0 Å². The Bertz CT molecular complexity index is 325. The average Bonchev–Trinajstić information content (AvgIpc) is 2.14. The van der Waals surface area contributed by atoms with Crippen LogP contribution in [0.15, 0.2) is 18.3 Å². The fraction of sp³-hybridized carbons (Fsp3) is 0.444. The van der Waals surface area contributed by atoms with Gasteiger partial charge in [0.1, 0.15) is 0 Å². The predicted octanol–water partition coefficient (Wildman–Crippen LogP) is 2.05. The Balaban J connectivity index is 2.62. The van der Waals surface area contributed by atoms with E-state index in [-0.39, 0.29) is 6.54 Å². The van der Waals surface area contributed by atoms with Gasteiger partial charge in [0.05, 0.1) is 12.1 Å². The topological polar surface area (TPSA) is 42.2 Å². The van der Waals surface area contributed by atoms with Crippen molar-refractivity contribution in [2.24, 2.45) is 0 Å². The molecule has 0 atom stereocenters. The summed E-state index contributed by atoms with van der Waals surface area (Å²) in [6.45, 7) is -0.148. The third kappa shape index (κ3) is 3.65. The molecular weight excluding hydrogens is 207 g/mol. The zero-order valence-electron chi connectivity index (χ0n) is 8.25. The first-order chi connectivity index (χ1) is 6.90. The maximum Gasteiger partial charge on any atom is 0.390 e. The number of aromatic nitrogens is 1. The van der Waals surface area contributed by atoms with Gasteiger partial charge in [-0.25, -0.2) is 4.98 Å². The van der Waals surface area contributed by atoms with Crippen LogP contribution in [-0.4, -0.2) is 24.8 Å². The highest BCUT2D eigenvalue weighted by atomic mass is 19.4. The van der Waals surface area contributed by atoms with Gasteiger partial charge in [0.25, 0.3) is 0 Å². The molecule has 84 valence electrons. The molecule has 0 saturated carbocycles. The second-order valence-electron chi connectivity index (χ2n) is 3.20. The van der Waals surface area contributed by atoms with Crippen molar-refractivity contribution < 1.29 is 13.2 Å². The van der Waals surface area contributed by atoms with Gasteiger partial charge in [-0.05, 0) is 12.1 Å². The molecule has 0 saturated heterocycles. The zero-order valence-corrected chi connectivity index (χ0v) is 8.25. The lowest BCUT2D eigenvalue weighted by molar-refractivity contribution is -0.132. The molecule has 0 spiro atoms. The van der Waals surface area contributed by atoms with Crippen molar-refractivity contribution in [2.75, 3.05) is 24.2 Å². The van der Waals surface area contributed by atoms with Crippen LogP contribution < -0.4 is 10.6 Å². The molecule has 0 amide bonds. The van der Waals surface area contributed by atoms with Gasteiger partial charge in [-0.3, -0.25) is 0 Å². The van der Waals surface area contributed by atoms with Crippen LogP contribution in [0.25, 0.3) is 0 Å². The first-order valence-electron chi connectivity index (χ1n) is 4.38. The van der Waals surface area contributed by atoms with Crippen molar-refractivity contribution in [2.45, 2.75) is 12.6 Å². The molecule has 0 fully saturated rings. The number of halogens is 3. The summed E-state index contributed by atoms with van der Waals surface area (Å²) >= 11 is 0. The molecule has 2 N–H and O–H groups in total. The van der Waals surface area contributed by atoms with E-state index in [9.17, 15) is 13.2 Å². The summed E-state index contributed by atoms with van der Waals surface area (Å²) in [7, 11) is 1.53. The number of rotatable bonds is 3. The van der Waals surface area contributed by atoms with Crippen LogP contribution >= 0.6 is 0 Å². The zero-order chi connectivity index (χ0) is 11.5. The minimum atomic E-state index is -4.15. The molecule has 0 unspecified atom stereocenters. The molecule has 0 aliphatic carbocycles. The van der Waals surface area contributed by atoms with Crippen LogP contribution in [0.4, 0.5) is 24.7 Å². The van der Waals surface area contributed by atoms with Crippen LogP contribution in [0, 0.1) is 0 Å². The smallest absolute Gasteiger partial charge is 0.390 e. The highest BCUT2D eigenvalue weighted by Crippen LogP contribution is 2.23. The van der Waals surface area contributed by atoms with E-state index >= 15 is 0 Å². The second-order valence-corrected chi connectivity index (χ2v) is 3.20. The summed E-state index contributed by atoms with van der Waals surface area (Å²) in [5.74, 6) is 0.377. The summed E-state index contributed by atoms with van der Waals surface area (Å²) in [5.41, 5.74) is 5.95. The SMILES string of the molecule is CN(CCC(F)(F)F)c1ncccc1N. The van der Waals surface area contributed by atoms with Crippen molar-refractivity contribution in [3.63, 3.8) is 0 Å². The fourth-order valence-electron chi connectivity index (χ4n) is 1.13. The number of anilines is 2. The number of alkyl halides is 3. The molecule has 0 aliphatic heterocycles. The van der Waals surface area contributed by atoms with Crippen molar-refractivity contribution in [3.05, 3.63) is 18.3 Å². The summed E-state index contributed by atoms with van der Waals surface area (Å²) in [4.78, 5) is 5.30. The summed E-state index contributed by atoms with van der Waals surface area (Å²) in [6, 6.07) is 3.24. The fourth-order valence-corrected chi connectivity index (χ4v) is 1.13. The van der Waals surface area contributed by atoms with Crippen LogP contribution in [0.1, 0.15) is 6.42 Å². The number of nitrogen functional groups attached to an aromatic ring is 1. The minimum Gasteiger partial charge on any atom is -0.396 e. The van der Waals surface area contributed by atoms with Gasteiger partial charge < -0.3 is 10.6 Å². The molecule has 0 aromatic carbocycles. The average molecular weight is 219 g/mol. The Morgan fingerprint density at radius 1 is 1.47 bits per heavy atom. The van der Waals surface area contributed by atoms with Gasteiger partial charge in [0.2, 0.25) is 0 Å². The largest absolute Gasteiger partial charge is 0.396 e. The lowest BCUT2D eigenvalue weighted by atomic mass is 10.3. The van der Waals surface area contributed by atoms with E-state index in [4.69, 9.17) is 5.73 Å². The molecule has 6 heteroatoms. The molecule has 1 aromatic heterocycles. The lowest BCUT2D eigenvalue weighted by Crippen LogP contribution is -2.25. The molecule has 15 heavy (non-hydrogen) atoms. The number of hydrogen-bond donors (Lipinski definition) is 1. The van der Waals surface area contributed by atoms with E-state index in [2.05, 4.69) is 4.98 Å². The Labute approximate surface area is 85.7 Å². The molecule has 0 bridgehead atoms. The maximum absolute atomic E-state index is 12.0. The van der Waals surface area contributed by atoms with Gasteiger partial charge >= 0.3 is 6.18 Å². The van der Waals surface area contributed by atoms with Crippen molar-refractivity contribution in [1.82, 2.24) is 4.98 Å². The number of pyridine rings is 1. The highest BCUT2D eigenvalue weighted by Gasteiger charge is 2.27. The van der Waals surface area contributed by atoms with E-state index in [1.807, 2.05) is 0 Å². The van der Waals surface area contributed by atoms with Gasteiger partial charge in [0, 0.05) is 19.8 Å². The van der Waals surface area contributed by atoms with E-state index < -0.39 is 12.6 Å². The maximum atomic E-state index is 12.0. The molecule has 1 rings (SSSR count). The molecule has 3 nitrogen and oxygen atoms in total. The second kappa shape index (κ2) is 4.37. The van der Waals surface area contributed by atoms with E-state index in [1.165, 1.54) is 18.1 Å². The Kier molecular flexibility index (Phi) is 3.39. The van der Waals surface area contributed by atoms with Crippen LogP contribution in [0.5, 0.6) is 0 Å². The van der Waals surface area contributed by atoms with Crippen molar-refractivity contribution >= 4 is 11.5 Å². The normalized spacial score (nSPS) is 11.5.